The zero-order valence-electron chi connectivity index (χ0n) is 6.71. The van der Waals surface area contributed by atoms with Crippen LogP contribution in [0.4, 0.5) is 0 Å². The van der Waals surface area contributed by atoms with Gasteiger partial charge in [-0.25, -0.2) is 4.79 Å². The van der Waals surface area contributed by atoms with Gasteiger partial charge in [-0.05, 0) is 18.6 Å². The number of alkyl halides is 1. The summed E-state index contributed by atoms with van der Waals surface area (Å²) in [7, 11) is 0. The topological polar surface area (TPSA) is 26.3 Å². The molecule has 12 heavy (non-hydrogen) atoms. The number of carbonyl (C=O) groups excluding carboxylic acids is 1. The van der Waals surface area contributed by atoms with Gasteiger partial charge >= 0.3 is 5.97 Å². The lowest BCUT2D eigenvalue weighted by Crippen LogP contribution is -2.05. The van der Waals surface area contributed by atoms with Crippen LogP contribution in [0.15, 0.2) is 24.3 Å². The highest BCUT2D eigenvalue weighted by atomic mass is 35.5. The van der Waals surface area contributed by atoms with Gasteiger partial charge in [0.2, 0.25) is 0 Å². The summed E-state index contributed by atoms with van der Waals surface area (Å²) in [4.78, 5) is 11.2. The lowest BCUT2D eigenvalue weighted by molar-refractivity contribution is 0.0573. The number of hydrogen-bond donors (Lipinski definition) is 0. The maximum absolute atomic E-state index is 11.2. The Kier molecular flexibility index (Phi) is 3.11. The van der Waals surface area contributed by atoms with Crippen molar-refractivity contribution < 1.29 is 9.53 Å². The highest BCUT2D eigenvalue weighted by Gasteiger charge is 2.07. The fourth-order valence-electron chi connectivity index (χ4n) is 0.929. The lowest BCUT2D eigenvalue weighted by atomic mass is 10.1. The van der Waals surface area contributed by atoms with Crippen molar-refractivity contribution in [2.24, 2.45) is 0 Å². The number of halogens is 1. The average Bonchev–Trinajstić information content (AvgIpc) is 2.05. The Morgan fingerprint density at radius 3 is 2.75 bits per heavy atom. The molecule has 2 nitrogen and oxygen atoms in total. The predicted molar refractivity (Wildman–Crippen MR) is 47.3 cm³/mol. The fourth-order valence-corrected chi connectivity index (χ4v) is 1.03. The van der Waals surface area contributed by atoms with E-state index in [4.69, 9.17) is 11.6 Å². The highest BCUT2D eigenvalue weighted by molar-refractivity contribution is 6.17. The number of carbonyl (C=O) groups is 1. The van der Waals surface area contributed by atoms with Crippen LogP contribution in [0.25, 0.3) is 0 Å². The first kappa shape index (κ1) is 9.07. The third-order valence-electron chi connectivity index (χ3n) is 1.55. The van der Waals surface area contributed by atoms with Crippen LogP contribution in [0.5, 0.6) is 0 Å². The van der Waals surface area contributed by atoms with Crippen molar-refractivity contribution in [2.75, 3.05) is 6.07 Å². The van der Waals surface area contributed by atoms with Gasteiger partial charge in [0.05, 0.1) is 5.56 Å². The minimum Gasteiger partial charge on any atom is -0.446 e. The van der Waals surface area contributed by atoms with Gasteiger partial charge in [-0.1, -0.05) is 29.8 Å². The minimum absolute atomic E-state index is 0.104. The molecule has 0 aliphatic heterocycles. The number of ether oxygens (including phenoxy) is 1. The van der Waals surface area contributed by atoms with Gasteiger partial charge in [0.15, 0.2) is 6.07 Å². The second-order valence-electron chi connectivity index (χ2n) is 2.36. The molecular weight excluding hydrogens is 176 g/mol. The first-order chi connectivity index (χ1) is 5.75. The summed E-state index contributed by atoms with van der Waals surface area (Å²) in [5.41, 5.74) is 1.46. The van der Waals surface area contributed by atoms with E-state index in [0.717, 1.165) is 5.56 Å². The molecule has 3 heteroatoms. The average molecular weight is 185 g/mol. The molecule has 1 aromatic rings. The molecule has 0 aromatic heterocycles. The lowest BCUT2D eigenvalue weighted by Gasteiger charge is -2.02. The quantitative estimate of drug-likeness (QED) is 0.521. The molecule has 0 bridgehead atoms. The van der Waals surface area contributed by atoms with Crippen LogP contribution < -0.4 is 0 Å². The molecule has 0 atom stereocenters. The van der Waals surface area contributed by atoms with Gasteiger partial charge in [0.1, 0.15) is 0 Å². The van der Waals surface area contributed by atoms with Crippen molar-refractivity contribution in [1.29, 1.82) is 0 Å². The molecule has 0 unspecified atom stereocenters. The summed E-state index contributed by atoms with van der Waals surface area (Å²) in [5, 5.41) is 0. The van der Waals surface area contributed by atoms with E-state index < -0.39 is 0 Å². The van der Waals surface area contributed by atoms with Gasteiger partial charge in [-0.2, -0.15) is 0 Å². The molecule has 0 radical (unpaired) electrons. The summed E-state index contributed by atoms with van der Waals surface area (Å²) in [5.74, 6) is -0.372. The van der Waals surface area contributed by atoms with Crippen molar-refractivity contribution in [3.8, 4) is 0 Å². The van der Waals surface area contributed by atoms with Crippen LogP contribution in [-0.4, -0.2) is 12.0 Å². The molecule has 0 fully saturated rings. The monoisotopic (exact) mass is 184 g/mol. The van der Waals surface area contributed by atoms with Crippen molar-refractivity contribution in [3.63, 3.8) is 0 Å². The predicted octanol–water partition coefficient (Wildman–Crippen LogP) is 2.35. The number of aryl methyl sites for hydroxylation is 1. The van der Waals surface area contributed by atoms with Crippen LogP contribution in [-0.2, 0) is 4.74 Å². The maximum atomic E-state index is 11.2. The number of rotatable bonds is 2. The molecule has 0 spiro atoms. The van der Waals surface area contributed by atoms with Gasteiger partial charge in [-0.15, -0.1) is 0 Å². The Bertz CT molecular complexity index is 284. The van der Waals surface area contributed by atoms with E-state index in [9.17, 15) is 4.79 Å². The smallest absolute Gasteiger partial charge is 0.339 e. The maximum Gasteiger partial charge on any atom is 0.339 e. The molecule has 0 aliphatic carbocycles. The molecular formula is C9H9ClO2. The Balaban J connectivity index is 2.87. The molecule has 0 saturated heterocycles. The van der Waals surface area contributed by atoms with Crippen molar-refractivity contribution in [3.05, 3.63) is 35.4 Å². The van der Waals surface area contributed by atoms with E-state index in [1.807, 2.05) is 19.1 Å². The standard InChI is InChI=1S/C9H9ClO2/c1-7-4-2-3-5-8(7)9(11)12-6-10/h2-5H,6H2,1H3. The molecule has 0 aliphatic rings. The van der Waals surface area contributed by atoms with Crippen LogP contribution in [0, 0.1) is 6.92 Å². The Morgan fingerprint density at radius 1 is 1.50 bits per heavy atom. The van der Waals surface area contributed by atoms with Gasteiger partial charge in [0, 0.05) is 0 Å². The van der Waals surface area contributed by atoms with E-state index in [1.165, 1.54) is 0 Å². The molecule has 0 N–H and O–H groups in total. The van der Waals surface area contributed by atoms with E-state index in [-0.39, 0.29) is 12.0 Å². The SMILES string of the molecule is Cc1ccccc1C(=O)OCCl. The third-order valence-corrected chi connectivity index (χ3v) is 1.66. The van der Waals surface area contributed by atoms with Gasteiger partial charge in [0.25, 0.3) is 0 Å². The summed E-state index contributed by atoms with van der Waals surface area (Å²) < 4.78 is 4.64. The van der Waals surface area contributed by atoms with Crippen LogP contribution in [0.2, 0.25) is 0 Å². The second kappa shape index (κ2) is 4.12. The Morgan fingerprint density at radius 2 is 2.17 bits per heavy atom. The summed E-state index contributed by atoms with van der Waals surface area (Å²) in [6.45, 7) is 1.85. The summed E-state index contributed by atoms with van der Waals surface area (Å²) in [6.07, 6.45) is 0. The third kappa shape index (κ3) is 1.98. The second-order valence-corrected chi connectivity index (χ2v) is 2.57. The van der Waals surface area contributed by atoms with E-state index in [1.54, 1.807) is 12.1 Å². The normalized spacial score (nSPS) is 9.50. The first-order valence-corrected chi connectivity index (χ1v) is 4.08. The van der Waals surface area contributed by atoms with Crippen LogP contribution >= 0.6 is 11.6 Å². The van der Waals surface area contributed by atoms with Crippen LogP contribution in [0.3, 0.4) is 0 Å². The molecule has 0 heterocycles. The van der Waals surface area contributed by atoms with Crippen molar-refractivity contribution in [2.45, 2.75) is 6.92 Å². The summed E-state index contributed by atoms with van der Waals surface area (Å²) in [6, 6.07) is 7.12. The molecule has 0 saturated carbocycles. The number of benzene rings is 1. The Labute approximate surface area is 76.1 Å². The molecule has 1 rings (SSSR count). The Hall–Kier alpha value is -1.02. The number of esters is 1. The van der Waals surface area contributed by atoms with E-state index in [0.29, 0.717) is 5.56 Å². The highest BCUT2D eigenvalue weighted by Crippen LogP contribution is 2.08. The van der Waals surface area contributed by atoms with Crippen molar-refractivity contribution >= 4 is 17.6 Å². The summed E-state index contributed by atoms with van der Waals surface area (Å²) >= 11 is 5.26. The fraction of sp³-hybridized carbons (Fsp3) is 0.222. The number of hydrogen-bond acceptors (Lipinski definition) is 2. The van der Waals surface area contributed by atoms with Crippen molar-refractivity contribution in [1.82, 2.24) is 0 Å². The molecule has 64 valence electrons. The molecule has 1 aromatic carbocycles. The zero-order chi connectivity index (χ0) is 8.97. The molecule has 0 amide bonds. The zero-order valence-corrected chi connectivity index (χ0v) is 7.47. The minimum atomic E-state index is -0.372. The van der Waals surface area contributed by atoms with E-state index >= 15 is 0 Å². The largest absolute Gasteiger partial charge is 0.446 e. The van der Waals surface area contributed by atoms with Gasteiger partial charge in [-0.3, -0.25) is 0 Å². The van der Waals surface area contributed by atoms with Gasteiger partial charge < -0.3 is 4.74 Å². The first-order valence-electron chi connectivity index (χ1n) is 3.54. The van der Waals surface area contributed by atoms with Crippen LogP contribution in [0.1, 0.15) is 15.9 Å². The van der Waals surface area contributed by atoms with E-state index in [2.05, 4.69) is 4.74 Å².